The van der Waals surface area contributed by atoms with Crippen molar-refractivity contribution in [2.24, 2.45) is 5.73 Å². The first-order valence-electron chi connectivity index (χ1n) is 5.19. The monoisotopic (exact) mass is 326 g/mol. The molecule has 1 aromatic heterocycles. The lowest BCUT2D eigenvalue weighted by molar-refractivity contribution is -0.688. The van der Waals surface area contributed by atoms with Crippen molar-refractivity contribution in [2.45, 2.75) is 6.54 Å². The Bertz CT molecular complexity index is 560. The fourth-order valence-corrected chi connectivity index (χ4v) is 1.78. The second-order valence-electron chi connectivity index (χ2n) is 3.72. The van der Waals surface area contributed by atoms with Gasteiger partial charge in [-0.3, -0.25) is 4.79 Å². The van der Waals surface area contributed by atoms with Crippen molar-refractivity contribution in [1.82, 2.24) is 0 Å². The Labute approximate surface area is 121 Å². The van der Waals surface area contributed by atoms with Crippen molar-refractivity contribution in [3.8, 4) is 0 Å². The molecule has 5 heteroatoms. The Hall–Kier alpha value is -1.39. The van der Waals surface area contributed by atoms with E-state index in [1.165, 1.54) is 0 Å². The number of nitrogens with two attached hydrogens (primary N) is 1. The van der Waals surface area contributed by atoms with Gasteiger partial charge in [-0.1, -0.05) is 29.8 Å². The van der Waals surface area contributed by atoms with Gasteiger partial charge in [-0.25, -0.2) is 0 Å². The van der Waals surface area contributed by atoms with Crippen LogP contribution in [0, 0.1) is 0 Å². The molecule has 0 saturated carbocycles. The number of primary amides is 1. The Balaban J connectivity index is 0.00000162. The van der Waals surface area contributed by atoms with Crippen LogP contribution in [0.5, 0.6) is 0 Å². The van der Waals surface area contributed by atoms with E-state index in [4.69, 9.17) is 17.3 Å². The molecule has 0 aliphatic rings. The van der Waals surface area contributed by atoms with Gasteiger partial charge in [-0.15, -0.1) is 0 Å². The van der Waals surface area contributed by atoms with Crippen molar-refractivity contribution in [1.29, 1.82) is 0 Å². The largest absolute Gasteiger partial charge is 1.00 e. The number of halogens is 2. The fourth-order valence-electron chi connectivity index (χ4n) is 1.59. The van der Waals surface area contributed by atoms with E-state index >= 15 is 0 Å². The predicted octanol–water partition coefficient (Wildman–Crippen LogP) is -1.22. The highest BCUT2D eigenvalue weighted by Crippen LogP contribution is 2.14. The molecular formula is C13H12BrClN2O. The van der Waals surface area contributed by atoms with Gasteiger partial charge in [0.25, 0.3) is 5.91 Å². The third-order valence-corrected chi connectivity index (χ3v) is 2.82. The molecule has 18 heavy (non-hydrogen) atoms. The van der Waals surface area contributed by atoms with Crippen molar-refractivity contribution in [3.05, 3.63) is 64.9 Å². The molecule has 2 aromatic rings. The van der Waals surface area contributed by atoms with E-state index in [0.29, 0.717) is 17.1 Å². The first-order chi connectivity index (χ1) is 8.16. The van der Waals surface area contributed by atoms with Crippen LogP contribution in [-0.4, -0.2) is 5.91 Å². The van der Waals surface area contributed by atoms with E-state index < -0.39 is 5.91 Å². The number of pyridine rings is 1. The van der Waals surface area contributed by atoms with Crippen LogP contribution in [0.4, 0.5) is 0 Å². The molecule has 0 spiro atoms. The van der Waals surface area contributed by atoms with Crippen molar-refractivity contribution >= 4 is 17.5 Å². The summed E-state index contributed by atoms with van der Waals surface area (Å²) in [5, 5.41) is 0.712. The van der Waals surface area contributed by atoms with Crippen LogP contribution < -0.4 is 27.3 Å². The van der Waals surface area contributed by atoms with E-state index in [1.54, 1.807) is 18.3 Å². The Morgan fingerprint density at radius 2 is 1.94 bits per heavy atom. The maximum Gasteiger partial charge on any atom is 0.254 e. The predicted molar refractivity (Wildman–Crippen MR) is 65.7 cm³/mol. The number of hydrogen-bond acceptors (Lipinski definition) is 1. The molecular weight excluding hydrogens is 316 g/mol. The Kier molecular flexibility index (Phi) is 5.31. The lowest BCUT2D eigenvalue weighted by Crippen LogP contribution is -3.00. The molecule has 1 aromatic carbocycles. The number of carbonyl (C=O) groups is 1. The highest BCUT2D eigenvalue weighted by molar-refractivity contribution is 6.31. The number of nitrogens with zero attached hydrogens (tertiary/aromatic N) is 1. The molecule has 2 N–H and O–H groups in total. The normalized spacial score (nSPS) is 9.61. The Morgan fingerprint density at radius 3 is 2.61 bits per heavy atom. The molecule has 1 heterocycles. The second kappa shape index (κ2) is 6.52. The Morgan fingerprint density at radius 1 is 1.22 bits per heavy atom. The lowest BCUT2D eigenvalue weighted by atomic mass is 10.2. The number of rotatable bonds is 3. The van der Waals surface area contributed by atoms with Crippen LogP contribution in [-0.2, 0) is 6.54 Å². The van der Waals surface area contributed by atoms with Gasteiger partial charge in [-0.05, 0) is 12.1 Å². The zero-order valence-corrected chi connectivity index (χ0v) is 11.9. The molecule has 2 rings (SSSR count). The van der Waals surface area contributed by atoms with E-state index in [1.807, 2.05) is 35.0 Å². The van der Waals surface area contributed by atoms with Gasteiger partial charge in [0.05, 0.1) is 5.02 Å². The smallest absolute Gasteiger partial charge is 0.254 e. The number of amides is 1. The molecule has 0 aliphatic carbocycles. The van der Waals surface area contributed by atoms with Crippen LogP contribution in [0.25, 0.3) is 0 Å². The maximum atomic E-state index is 11.1. The first-order valence-corrected chi connectivity index (χ1v) is 5.57. The molecule has 1 amide bonds. The summed E-state index contributed by atoms with van der Waals surface area (Å²) in [5.74, 6) is -0.432. The summed E-state index contributed by atoms with van der Waals surface area (Å²) in [6, 6.07) is 11.1. The van der Waals surface area contributed by atoms with Crippen LogP contribution >= 0.6 is 11.6 Å². The highest BCUT2D eigenvalue weighted by Gasteiger charge is 2.09. The third-order valence-electron chi connectivity index (χ3n) is 2.45. The zero-order chi connectivity index (χ0) is 12.3. The summed E-state index contributed by atoms with van der Waals surface area (Å²) in [5.41, 5.74) is 6.71. The summed E-state index contributed by atoms with van der Waals surface area (Å²) in [6.07, 6.45) is 3.58. The quantitative estimate of drug-likeness (QED) is 0.706. The summed E-state index contributed by atoms with van der Waals surface area (Å²) >= 11 is 6.07. The molecule has 0 saturated heterocycles. The van der Waals surface area contributed by atoms with E-state index in [2.05, 4.69) is 0 Å². The summed E-state index contributed by atoms with van der Waals surface area (Å²) < 4.78 is 1.88. The molecule has 0 bridgehead atoms. The topological polar surface area (TPSA) is 47.0 Å². The van der Waals surface area contributed by atoms with Crippen LogP contribution in [0.1, 0.15) is 15.9 Å². The molecule has 3 nitrogen and oxygen atoms in total. The minimum Gasteiger partial charge on any atom is -1.00 e. The average Bonchev–Trinajstić information content (AvgIpc) is 2.32. The molecule has 94 valence electrons. The summed E-state index contributed by atoms with van der Waals surface area (Å²) in [6.45, 7) is 0.612. The minimum absolute atomic E-state index is 0. The summed E-state index contributed by atoms with van der Waals surface area (Å²) in [4.78, 5) is 11.1. The maximum absolute atomic E-state index is 11.1. The van der Waals surface area contributed by atoms with Crippen molar-refractivity contribution in [3.63, 3.8) is 0 Å². The molecule has 0 fully saturated rings. The van der Waals surface area contributed by atoms with Crippen molar-refractivity contribution in [2.75, 3.05) is 0 Å². The number of benzene rings is 1. The van der Waals surface area contributed by atoms with Gasteiger partial charge in [0.15, 0.2) is 18.9 Å². The first kappa shape index (κ1) is 14.7. The van der Waals surface area contributed by atoms with E-state index in [0.717, 1.165) is 5.56 Å². The lowest BCUT2D eigenvalue weighted by Gasteiger charge is -2.01. The number of carbonyl (C=O) groups excluding carboxylic acids is 1. The standard InChI is InChI=1S/C13H11ClN2O.BrH/c14-12-6-2-1-4-10(12)8-16-7-3-5-11(9-16)13(15)17;/h1-7,9H,8H2,(H-,15,17);1H. The molecule has 0 atom stereocenters. The summed E-state index contributed by atoms with van der Waals surface area (Å²) in [7, 11) is 0. The van der Waals surface area contributed by atoms with Gasteiger partial charge in [0.1, 0.15) is 5.56 Å². The highest BCUT2D eigenvalue weighted by atomic mass is 79.9. The molecule has 0 unspecified atom stereocenters. The van der Waals surface area contributed by atoms with Crippen LogP contribution in [0.2, 0.25) is 5.02 Å². The number of aromatic nitrogens is 1. The van der Waals surface area contributed by atoms with Gasteiger partial charge >= 0.3 is 0 Å². The molecule has 0 radical (unpaired) electrons. The van der Waals surface area contributed by atoms with E-state index in [9.17, 15) is 4.79 Å². The van der Waals surface area contributed by atoms with Gasteiger partial charge in [-0.2, -0.15) is 4.57 Å². The minimum atomic E-state index is -0.432. The van der Waals surface area contributed by atoms with Crippen molar-refractivity contribution < 1.29 is 26.3 Å². The second-order valence-corrected chi connectivity index (χ2v) is 4.13. The molecule has 0 aliphatic heterocycles. The average molecular weight is 328 g/mol. The van der Waals surface area contributed by atoms with Crippen LogP contribution in [0.15, 0.2) is 48.8 Å². The van der Waals surface area contributed by atoms with E-state index in [-0.39, 0.29) is 17.0 Å². The van der Waals surface area contributed by atoms with Gasteiger partial charge in [0.2, 0.25) is 0 Å². The fraction of sp³-hybridized carbons (Fsp3) is 0.0769. The van der Waals surface area contributed by atoms with Gasteiger partial charge < -0.3 is 22.7 Å². The SMILES string of the molecule is NC(=O)c1ccc[n+](Cc2ccccc2Cl)c1.[Br-]. The van der Waals surface area contributed by atoms with Gasteiger partial charge in [0, 0.05) is 11.6 Å². The zero-order valence-electron chi connectivity index (χ0n) is 9.51. The number of hydrogen-bond donors (Lipinski definition) is 1. The van der Waals surface area contributed by atoms with Crippen LogP contribution in [0.3, 0.4) is 0 Å². The third kappa shape index (κ3) is 3.55.